The Hall–Kier alpha value is -0.820. The molecule has 2 rings (SSSR count). The average molecular weight is 259 g/mol. The highest BCUT2D eigenvalue weighted by Gasteiger charge is 2.26. The molecule has 0 aliphatic heterocycles. The molecule has 1 N–H and O–H groups in total. The van der Waals surface area contributed by atoms with Gasteiger partial charge in [0.25, 0.3) is 0 Å². The van der Waals surface area contributed by atoms with Gasteiger partial charge in [-0.25, -0.2) is 0 Å². The van der Waals surface area contributed by atoms with Crippen molar-refractivity contribution in [3.8, 4) is 0 Å². The Kier molecular flexibility index (Phi) is 5.04. The van der Waals surface area contributed by atoms with Crippen molar-refractivity contribution >= 4 is 0 Å². The minimum absolute atomic E-state index is 0.463. The fourth-order valence-corrected chi connectivity index (χ4v) is 3.14. The topological polar surface area (TPSA) is 12.0 Å². The van der Waals surface area contributed by atoms with Crippen LogP contribution >= 0.6 is 0 Å². The molecule has 0 bridgehead atoms. The van der Waals surface area contributed by atoms with E-state index in [9.17, 15) is 0 Å². The third-order valence-electron chi connectivity index (χ3n) is 4.78. The van der Waals surface area contributed by atoms with Gasteiger partial charge in [0.05, 0.1) is 0 Å². The number of benzene rings is 1. The van der Waals surface area contributed by atoms with Crippen LogP contribution in [0.1, 0.15) is 70.0 Å². The average Bonchev–Trinajstić information content (AvgIpc) is 2.46. The SMILES string of the molecule is CCc1ccc(C(C)NCC2(C)CCCCC2)cc1. The van der Waals surface area contributed by atoms with Gasteiger partial charge in [-0.1, -0.05) is 57.4 Å². The first-order valence-electron chi connectivity index (χ1n) is 7.95. The van der Waals surface area contributed by atoms with Crippen LogP contribution in [0.4, 0.5) is 0 Å². The maximum absolute atomic E-state index is 3.75. The standard InChI is InChI=1S/C18H29N/c1-4-16-8-10-17(11-9-16)15(2)19-14-18(3)12-6-5-7-13-18/h8-11,15,19H,4-7,12-14H2,1-3H3. The van der Waals surface area contributed by atoms with Crippen LogP contribution in [0.25, 0.3) is 0 Å². The maximum Gasteiger partial charge on any atom is 0.0292 e. The lowest BCUT2D eigenvalue weighted by molar-refractivity contribution is 0.202. The third kappa shape index (κ3) is 4.07. The molecular weight excluding hydrogens is 230 g/mol. The van der Waals surface area contributed by atoms with E-state index in [1.807, 2.05) is 0 Å². The van der Waals surface area contributed by atoms with E-state index in [1.165, 1.54) is 43.2 Å². The van der Waals surface area contributed by atoms with Crippen molar-refractivity contribution in [2.75, 3.05) is 6.54 Å². The Morgan fingerprint density at radius 2 is 1.74 bits per heavy atom. The van der Waals surface area contributed by atoms with E-state index >= 15 is 0 Å². The minimum atomic E-state index is 0.463. The number of rotatable bonds is 5. The Morgan fingerprint density at radius 1 is 1.11 bits per heavy atom. The first-order chi connectivity index (χ1) is 9.13. The second-order valence-electron chi connectivity index (χ2n) is 6.57. The number of hydrogen-bond donors (Lipinski definition) is 1. The summed E-state index contributed by atoms with van der Waals surface area (Å²) >= 11 is 0. The van der Waals surface area contributed by atoms with E-state index in [1.54, 1.807) is 0 Å². The van der Waals surface area contributed by atoms with Gasteiger partial charge in [0, 0.05) is 12.6 Å². The lowest BCUT2D eigenvalue weighted by Crippen LogP contribution is -2.34. The lowest BCUT2D eigenvalue weighted by Gasteiger charge is -2.35. The molecule has 0 amide bonds. The fourth-order valence-electron chi connectivity index (χ4n) is 3.14. The summed E-state index contributed by atoms with van der Waals surface area (Å²) in [5, 5.41) is 3.75. The molecule has 106 valence electrons. The van der Waals surface area contributed by atoms with Crippen molar-refractivity contribution in [2.24, 2.45) is 5.41 Å². The normalized spacial score (nSPS) is 20.2. The van der Waals surface area contributed by atoms with Gasteiger partial charge in [0.15, 0.2) is 0 Å². The van der Waals surface area contributed by atoms with Gasteiger partial charge in [0.1, 0.15) is 0 Å². The molecule has 1 nitrogen and oxygen atoms in total. The molecule has 1 aliphatic rings. The lowest BCUT2D eigenvalue weighted by atomic mass is 9.75. The Balaban J connectivity index is 1.87. The summed E-state index contributed by atoms with van der Waals surface area (Å²) < 4.78 is 0. The molecule has 1 aromatic rings. The van der Waals surface area contributed by atoms with E-state index in [0.29, 0.717) is 11.5 Å². The largest absolute Gasteiger partial charge is 0.310 e. The third-order valence-corrected chi connectivity index (χ3v) is 4.78. The van der Waals surface area contributed by atoms with Gasteiger partial charge < -0.3 is 5.32 Å². The van der Waals surface area contributed by atoms with Gasteiger partial charge in [-0.15, -0.1) is 0 Å². The summed E-state index contributed by atoms with van der Waals surface area (Å²) in [5.41, 5.74) is 3.36. The van der Waals surface area contributed by atoms with E-state index in [2.05, 4.69) is 50.4 Å². The number of hydrogen-bond acceptors (Lipinski definition) is 1. The van der Waals surface area contributed by atoms with Gasteiger partial charge in [0.2, 0.25) is 0 Å². The summed E-state index contributed by atoms with van der Waals surface area (Å²) in [5.74, 6) is 0. The molecule has 0 heterocycles. The van der Waals surface area contributed by atoms with Crippen molar-refractivity contribution in [1.29, 1.82) is 0 Å². The zero-order chi connectivity index (χ0) is 13.7. The maximum atomic E-state index is 3.75. The molecule has 19 heavy (non-hydrogen) atoms. The van der Waals surface area contributed by atoms with Crippen LogP contribution in [0.3, 0.4) is 0 Å². The smallest absolute Gasteiger partial charge is 0.0292 e. The molecule has 0 aromatic heterocycles. The summed E-state index contributed by atoms with van der Waals surface area (Å²) in [7, 11) is 0. The second-order valence-corrected chi connectivity index (χ2v) is 6.57. The molecule has 0 radical (unpaired) electrons. The highest BCUT2D eigenvalue weighted by atomic mass is 14.9. The van der Waals surface area contributed by atoms with Crippen molar-refractivity contribution < 1.29 is 0 Å². The van der Waals surface area contributed by atoms with E-state index < -0.39 is 0 Å². The Bertz CT molecular complexity index is 373. The zero-order valence-electron chi connectivity index (χ0n) is 12.8. The van der Waals surface area contributed by atoms with Gasteiger partial charge >= 0.3 is 0 Å². The molecule has 0 saturated heterocycles. The number of nitrogens with one attached hydrogen (secondary N) is 1. The Labute approximate surface area is 118 Å². The summed E-state index contributed by atoms with van der Waals surface area (Å²) in [6.45, 7) is 8.10. The van der Waals surface area contributed by atoms with Crippen LogP contribution in [0.2, 0.25) is 0 Å². The fraction of sp³-hybridized carbons (Fsp3) is 0.667. The predicted octanol–water partition coefficient (Wildman–Crippen LogP) is 4.87. The van der Waals surface area contributed by atoms with E-state index in [-0.39, 0.29) is 0 Å². The molecule has 1 unspecified atom stereocenters. The monoisotopic (exact) mass is 259 g/mol. The molecule has 1 aliphatic carbocycles. The second kappa shape index (κ2) is 6.56. The molecular formula is C18H29N. The molecule has 1 saturated carbocycles. The summed E-state index contributed by atoms with van der Waals surface area (Å²) in [4.78, 5) is 0. The van der Waals surface area contributed by atoms with Crippen molar-refractivity contribution in [3.05, 3.63) is 35.4 Å². The highest BCUT2D eigenvalue weighted by molar-refractivity contribution is 5.24. The quantitative estimate of drug-likeness (QED) is 0.795. The predicted molar refractivity (Wildman–Crippen MR) is 83.4 cm³/mol. The van der Waals surface area contributed by atoms with Crippen LogP contribution in [0.5, 0.6) is 0 Å². The van der Waals surface area contributed by atoms with E-state index in [0.717, 1.165) is 13.0 Å². The molecule has 1 atom stereocenters. The highest BCUT2D eigenvalue weighted by Crippen LogP contribution is 2.35. The van der Waals surface area contributed by atoms with Crippen LogP contribution in [-0.2, 0) is 6.42 Å². The zero-order valence-corrected chi connectivity index (χ0v) is 12.8. The first-order valence-corrected chi connectivity index (χ1v) is 7.95. The van der Waals surface area contributed by atoms with Crippen LogP contribution in [-0.4, -0.2) is 6.54 Å². The minimum Gasteiger partial charge on any atom is -0.310 e. The molecule has 1 heteroatoms. The molecule has 0 spiro atoms. The van der Waals surface area contributed by atoms with Gasteiger partial charge in [-0.2, -0.15) is 0 Å². The van der Waals surface area contributed by atoms with Crippen LogP contribution < -0.4 is 5.32 Å². The van der Waals surface area contributed by atoms with Gasteiger partial charge in [-0.05, 0) is 42.7 Å². The van der Waals surface area contributed by atoms with Crippen molar-refractivity contribution in [2.45, 2.75) is 65.3 Å². The Morgan fingerprint density at radius 3 is 2.32 bits per heavy atom. The van der Waals surface area contributed by atoms with Gasteiger partial charge in [-0.3, -0.25) is 0 Å². The van der Waals surface area contributed by atoms with Crippen LogP contribution in [0.15, 0.2) is 24.3 Å². The van der Waals surface area contributed by atoms with Crippen LogP contribution in [0, 0.1) is 5.41 Å². The summed E-state index contributed by atoms with van der Waals surface area (Å²) in [6, 6.07) is 9.54. The summed E-state index contributed by atoms with van der Waals surface area (Å²) in [6.07, 6.45) is 8.17. The van der Waals surface area contributed by atoms with Crippen molar-refractivity contribution in [1.82, 2.24) is 5.32 Å². The molecule has 1 fully saturated rings. The number of aryl methyl sites for hydroxylation is 1. The van der Waals surface area contributed by atoms with E-state index in [4.69, 9.17) is 0 Å². The van der Waals surface area contributed by atoms with Crippen molar-refractivity contribution in [3.63, 3.8) is 0 Å². The first kappa shape index (κ1) is 14.6. The molecule has 1 aromatic carbocycles.